The van der Waals surface area contributed by atoms with E-state index in [1.807, 2.05) is 0 Å². The van der Waals surface area contributed by atoms with E-state index in [0.717, 1.165) is 0 Å². The minimum absolute atomic E-state index is 0.131. The van der Waals surface area contributed by atoms with Crippen LogP contribution in [0.5, 0.6) is 11.5 Å². The first-order valence-electron chi connectivity index (χ1n) is 5.31. The average molecular weight is 263 g/mol. The van der Waals surface area contributed by atoms with Gasteiger partial charge < -0.3 is 14.7 Å². The molecule has 0 fully saturated rings. The number of rotatable bonds is 3. The molecular weight excluding hydrogens is 250 g/mol. The highest BCUT2D eigenvalue weighted by Gasteiger charge is 2.16. The number of phenolic OH excluding ortho intramolecular Hbond substituents is 1. The Kier molecular flexibility index (Phi) is 3.53. The molecule has 0 unspecified atom stereocenters. The zero-order chi connectivity index (χ0) is 13.1. The van der Waals surface area contributed by atoms with Gasteiger partial charge in [-0.05, 0) is 12.1 Å². The van der Waals surface area contributed by atoms with Gasteiger partial charge in [0.15, 0.2) is 0 Å². The fourth-order valence-electron chi connectivity index (χ4n) is 1.52. The van der Waals surface area contributed by atoms with Gasteiger partial charge in [-0.1, -0.05) is 6.07 Å². The number of aromatic hydroxyl groups is 1. The van der Waals surface area contributed by atoms with Crippen LogP contribution >= 0.6 is 11.3 Å². The largest absolute Gasteiger partial charge is 0.508 e. The van der Waals surface area contributed by atoms with Gasteiger partial charge in [0.05, 0.1) is 12.0 Å². The molecule has 0 radical (unpaired) electrons. The molecule has 1 heterocycles. The van der Waals surface area contributed by atoms with Gasteiger partial charge in [-0.2, -0.15) is 0 Å². The zero-order valence-electron chi connectivity index (χ0n) is 10.1. The number of amides is 1. The van der Waals surface area contributed by atoms with Crippen LogP contribution < -0.4 is 9.64 Å². The minimum Gasteiger partial charge on any atom is -0.508 e. The maximum atomic E-state index is 12.2. The van der Waals surface area contributed by atoms with Crippen molar-refractivity contribution >= 4 is 22.9 Å². The Morgan fingerprint density at radius 2 is 2.17 bits per heavy atom. The molecular formula is C13H13NO3S. The summed E-state index contributed by atoms with van der Waals surface area (Å²) in [5, 5.41) is 11.2. The molecule has 0 spiro atoms. The third-order valence-electron chi connectivity index (χ3n) is 2.54. The quantitative estimate of drug-likeness (QED) is 0.926. The van der Waals surface area contributed by atoms with Crippen LogP contribution in [0.1, 0.15) is 9.67 Å². The van der Waals surface area contributed by atoms with Crippen molar-refractivity contribution in [1.82, 2.24) is 0 Å². The molecule has 18 heavy (non-hydrogen) atoms. The maximum absolute atomic E-state index is 12.2. The Balaban J connectivity index is 2.23. The summed E-state index contributed by atoms with van der Waals surface area (Å²) in [4.78, 5) is 14.3. The predicted molar refractivity (Wildman–Crippen MR) is 71.7 cm³/mol. The molecule has 5 heteroatoms. The summed E-state index contributed by atoms with van der Waals surface area (Å²) in [6.45, 7) is 0. The topological polar surface area (TPSA) is 49.8 Å². The number of phenols is 1. The van der Waals surface area contributed by atoms with Crippen LogP contribution in [0.3, 0.4) is 0 Å². The number of benzene rings is 1. The van der Waals surface area contributed by atoms with Crippen LogP contribution in [0.15, 0.2) is 35.7 Å². The van der Waals surface area contributed by atoms with Crippen LogP contribution in [0.2, 0.25) is 0 Å². The Labute approximate surface area is 109 Å². The molecule has 0 saturated carbocycles. The SMILES string of the molecule is COc1csc(C(=O)N(C)c2cccc(O)c2)c1. The normalized spacial score (nSPS) is 10.1. The highest BCUT2D eigenvalue weighted by atomic mass is 32.1. The molecule has 1 aromatic carbocycles. The Bertz CT molecular complexity index is 565. The monoisotopic (exact) mass is 263 g/mol. The molecule has 1 aromatic heterocycles. The molecule has 2 rings (SSSR count). The van der Waals surface area contributed by atoms with E-state index >= 15 is 0 Å². The lowest BCUT2D eigenvalue weighted by Crippen LogP contribution is -2.25. The van der Waals surface area contributed by atoms with E-state index in [0.29, 0.717) is 16.3 Å². The minimum atomic E-state index is -0.131. The van der Waals surface area contributed by atoms with Gasteiger partial charge in [0, 0.05) is 30.2 Å². The standard InChI is InChI=1S/C13H13NO3S/c1-14(9-4-3-5-10(15)6-9)13(16)12-7-11(17-2)8-18-12/h3-8,15H,1-2H3. The van der Waals surface area contributed by atoms with Crippen LogP contribution in [0.25, 0.3) is 0 Å². The summed E-state index contributed by atoms with van der Waals surface area (Å²) >= 11 is 1.33. The van der Waals surface area contributed by atoms with Crippen LogP contribution in [-0.4, -0.2) is 25.2 Å². The molecule has 0 saturated heterocycles. The van der Waals surface area contributed by atoms with Crippen LogP contribution in [-0.2, 0) is 0 Å². The van der Waals surface area contributed by atoms with Gasteiger partial charge in [-0.15, -0.1) is 11.3 Å². The van der Waals surface area contributed by atoms with Gasteiger partial charge >= 0.3 is 0 Å². The van der Waals surface area contributed by atoms with E-state index in [2.05, 4.69) is 0 Å². The molecule has 0 atom stereocenters. The zero-order valence-corrected chi connectivity index (χ0v) is 10.9. The van der Waals surface area contributed by atoms with Crippen molar-refractivity contribution in [2.24, 2.45) is 0 Å². The fraction of sp³-hybridized carbons (Fsp3) is 0.154. The number of ether oxygens (including phenoxy) is 1. The number of carbonyl (C=O) groups excluding carboxylic acids is 1. The summed E-state index contributed by atoms with van der Waals surface area (Å²) in [5.74, 6) is 0.678. The Morgan fingerprint density at radius 3 is 2.78 bits per heavy atom. The first-order valence-corrected chi connectivity index (χ1v) is 6.19. The van der Waals surface area contributed by atoms with Crippen molar-refractivity contribution in [1.29, 1.82) is 0 Å². The van der Waals surface area contributed by atoms with Crippen molar-refractivity contribution in [3.8, 4) is 11.5 Å². The van der Waals surface area contributed by atoms with E-state index in [-0.39, 0.29) is 11.7 Å². The predicted octanol–water partition coefficient (Wildman–Crippen LogP) is 2.74. The number of anilines is 1. The number of methoxy groups -OCH3 is 1. The lowest BCUT2D eigenvalue weighted by molar-refractivity contribution is 0.0996. The first kappa shape index (κ1) is 12.4. The lowest BCUT2D eigenvalue weighted by Gasteiger charge is -2.16. The Hall–Kier alpha value is -2.01. The van der Waals surface area contributed by atoms with Gasteiger partial charge in [0.2, 0.25) is 0 Å². The molecule has 0 aliphatic rings. The second kappa shape index (κ2) is 5.10. The molecule has 0 aliphatic carbocycles. The van der Waals surface area contributed by atoms with Crippen molar-refractivity contribution in [3.05, 3.63) is 40.6 Å². The summed E-state index contributed by atoms with van der Waals surface area (Å²) in [5.41, 5.74) is 0.646. The van der Waals surface area contributed by atoms with Gasteiger partial charge in [-0.25, -0.2) is 0 Å². The molecule has 0 bridgehead atoms. The second-order valence-electron chi connectivity index (χ2n) is 3.73. The van der Waals surface area contributed by atoms with Gasteiger partial charge in [0.1, 0.15) is 11.5 Å². The van der Waals surface area contributed by atoms with Gasteiger partial charge in [0.25, 0.3) is 5.91 Å². The van der Waals surface area contributed by atoms with Crippen molar-refractivity contribution in [2.75, 3.05) is 19.1 Å². The van der Waals surface area contributed by atoms with Gasteiger partial charge in [-0.3, -0.25) is 4.79 Å². The van der Waals surface area contributed by atoms with E-state index in [4.69, 9.17) is 4.74 Å². The fourth-order valence-corrected chi connectivity index (χ4v) is 2.35. The number of thiophene rings is 1. The van der Waals surface area contributed by atoms with E-state index in [1.54, 1.807) is 49.9 Å². The maximum Gasteiger partial charge on any atom is 0.268 e. The summed E-state index contributed by atoms with van der Waals surface area (Å²) < 4.78 is 5.05. The van der Waals surface area contributed by atoms with Crippen LogP contribution in [0, 0.1) is 0 Å². The molecule has 2 aromatic rings. The van der Waals surface area contributed by atoms with Crippen molar-refractivity contribution in [3.63, 3.8) is 0 Å². The van der Waals surface area contributed by atoms with E-state index < -0.39 is 0 Å². The second-order valence-corrected chi connectivity index (χ2v) is 4.65. The average Bonchev–Trinajstić information content (AvgIpc) is 2.85. The van der Waals surface area contributed by atoms with Crippen molar-refractivity contribution in [2.45, 2.75) is 0 Å². The molecule has 94 valence electrons. The summed E-state index contributed by atoms with van der Waals surface area (Å²) in [6, 6.07) is 8.27. The molecule has 4 nitrogen and oxygen atoms in total. The van der Waals surface area contributed by atoms with Crippen molar-refractivity contribution < 1.29 is 14.6 Å². The number of carbonyl (C=O) groups is 1. The number of hydrogen-bond acceptors (Lipinski definition) is 4. The number of nitrogens with zero attached hydrogens (tertiary/aromatic N) is 1. The van der Waals surface area contributed by atoms with E-state index in [1.165, 1.54) is 16.2 Å². The highest BCUT2D eigenvalue weighted by Crippen LogP contribution is 2.25. The van der Waals surface area contributed by atoms with Crippen LogP contribution in [0.4, 0.5) is 5.69 Å². The lowest BCUT2D eigenvalue weighted by atomic mass is 10.2. The summed E-state index contributed by atoms with van der Waals surface area (Å²) in [6.07, 6.45) is 0. The third-order valence-corrected chi connectivity index (χ3v) is 3.44. The molecule has 1 amide bonds. The molecule has 0 aliphatic heterocycles. The first-order chi connectivity index (χ1) is 8.61. The molecule has 1 N–H and O–H groups in total. The van der Waals surface area contributed by atoms with E-state index in [9.17, 15) is 9.90 Å². The Morgan fingerprint density at radius 1 is 1.39 bits per heavy atom. The smallest absolute Gasteiger partial charge is 0.268 e. The number of hydrogen-bond donors (Lipinski definition) is 1. The summed E-state index contributed by atoms with van der Waals surface area (Å²) in [7, 11) is 3.23. The third kappa shape index (κ3) is 2.46. The highest BCUT2D eigenvalue weighted by molar-refractivity contribution is 7.12.